The van der Waals surface area contributed by atoms with E-state index in [0.29, 0.717) is 6.42 Å². The van der Waals surface area contributed by atoms with E-state index in [1.165, 1.54) is 6.26 Å². The summed E-state index contributed by atoms with van der Waals surface area (Å²) in [5.74, 6) is 5.44. The Morgan fingerprint density at radius 1 is 1.50 bits per heavy atom. The van der Waals surface area contributed by atoms with Crippen LogP contribution in [0, 0.1) is 0 Å². The van der Waals surface area contributed by atoms with Gasteiger partial charge in [-0.25, -0.2) is 8.42 Å². The number of ether oxygens (including phenoxy) is 1. The zero-order valence-electron chi connectivity index (χ0n) is 9.20. The second-order valence-corrected chi connectivity index (χ2v) is 6.21. The smallest absolute Gasteiger partial charge is 0.147 e. The molecule has 1 unspecified atom stereocenters. The average Bonchev–Trinajstić information content (AvgIpc) is 2.03. The van der Waals surface area contributed by atoms with Crippen LogP contribution in [0.15, 0.2) is 0 Å². The van der Waals surface area contributed by atoms with E-state index in [-0.39, 0.29) is 11.8 Å². The highest BCUT2D eigenvalue weighted by atomic mass is 32.2. The highest BCUT2D eigenvalue weighted by Crippen LogP contribution is 2.16. The molecule has 5 nitrogen and oxygen atoms in total. The van der Waals surface area contributed by atoms with Gasteiger partial charge in [-0.3, -0.25) is 11.3 Å². The van der Waals surface area contributed by atoms with Crippen molar-refractivity contribution in [3.63, 3.8) is 0 Å². The van der Waals surface area contributed by atoms with Crippen LogP contribution in [0.1, 0.15) is 20.3 Å². The molecular weight excluding hydrogens is 204 g/mol. The summed E-state index contributed by atoms with van der Waals surface area (Å²) in [6.45, 7) is 3.72. The largest absolute Gasteiger partial charge is 0.377 e. The van der Waals surface area contributed by atoms with Gasteiger partial charge in [0.25, 0.3) is 0 Å². The lowest BCUT2D eigenvalue weighted by Crippen LogP contribution is -2.51. The van der Waals surface area contributed by atoms with Gasteiger partial charge in [-0.05, 0) is 20.3 Å². The van der Waals surface area contributed by atoms with Gasteiger partial charge in [0.05, 0.1) is 17.4 Å². The van der Waals surface area contributed by atoms with Gasteiger partial charge in [0.2, 0.25) is 0 Å². The van der Waals surface area contributed by atoms with E-state index in [2.05, 4.69) is 5.43 Å². The number of rotatable bonds is 6. The van der Waals surface area contributed by atoms with Crippen molar-refractivity contribution in [1.82, 2.24) is 5.43 Å². The molecule has 0 rings (SSSR count). The fourth-order valence-corrected chi connectivity index (χ4v) is 1.77. The van der Waals surface area contributed by atoms with Crippen LogP contribution in [0.4, 0.5) is 0 Å². The summed E-state index contributed by atoms with van der Waals surface area (Å²) in [6, 6.07) is -0.178. The Morgan fingerprint density at radius 3 is 2.29 bits per heavy atom. The lowest BCUT2D eigenvalue weighted by molar-refractivity contribution is -0.0109. The molecule has 3 N–H and O–H groups in total. The SMILES string of the molecule is COC(C)(C)C(CCS(C)(=O)=O)NN. The molecule has 86 valence electrons. The molecule has 0 bridgehead atoms. The van der Waals surface area contributed by atoms with E-state index < -0.39 is 15.4 Å². The molecule has 0 fully saturated rings. The quantitative estimate of drug-likeness (QED) is 0.477. The topological polar surface area (TPSA) is 81.4 Å². The number of hydrogen-bond acceptors (Lipinski definition) is 5. The maximum Gasteiger partial charge on any atom is 0.147 e. The Labute approximate surface area is 85.9 Å². The second kappa shape index (κ2) is 5.06. The Balaban J connectivity index is 4.31. The molecular formula is C8H20N2O3S. The van der Waals surface area contributed by atoms with Crippen molar-refractivity contribution in [1.29, 1.82) is 0 Å². The normalized spacial score (nSPS) is 15.5. The first kappa shape index (κ1) is 13.8. The Hall–Kier alpha value is -0.170. The molecule has 14 heavy (non-hydrogen) atoms. The van der Waals surface area contributed by atoms with Crippen molar-refractivity contribution in [2.75, 3.05) is 19.1 Å². The molecule has 0 aromatic rings. The van der Waals surface area contributed by atoms with Crippen LogP contribution in [0.25, 0.3) is 0 Å². The third-order valence-corrected chi connectivity index (χ3v) is 3.32. The van der Waals surface area contributed by atoms with Gasteiger partial charge in [-0.2, -0.15) is 0 Å². The van der Waals surface area contributed by atoms with Crippen molar-refractivity contribution in [3.05, 3.63) is 0 Å². The van der Waals surface area contributed by atoms with Crippen LogP contribution in [0.5, 0.6) is 0 Å². The first-order valence-corrected chi connectivity index (χ1v) is 6.48. The molecule has 0 aromatic carbocycles. The fraction of sp³-hybridized carbons (Fsp3) is 1.00. The summed E-state index contributed by atoms with van der Waals surface area (Å²) >= 11 is 0. The molecule has 0 spiro atoms. The molecule has 0 aromatic heterocycles. The highest BCUT2D eigenvalue weighted by Gasteiger charge is 2.28. The number of nitrogens with one attached hydrogen (secondary N) is 1. The minimum Gasteiger partial charge on any atom is -0.377 e. The molecule has 0 aliphatic rings. The summed E-state index contributed by atoms with van der Waals surface area (Å²) in [4.78, 5) is 0. The molecule has 6 heteroatoms. The summed E-state index contributed by atoms with van der Waals surface area (Å²) in [6.07, 6.45) is 1.65. The van der Waals surface area contributed by atoms with Gasteiger partial charge in [-0.15, -0.1) is 0 Å². The summed E-state index contributed by atoms with van der Waals surface area (Å²) in [5.41, 5.74) is 2.10. The van der Waals surface area contributed by atoms with Crippen LogP contribution in [-0.2, 0) is 14.6 Å². The Kier molecular flexibility index (Phi) is 5.00. The van der Waals surface area contributed by atoms with Crippen LogP contribution >= 0.6 is 0 Å². The molecule has 0 amide bonds. The molecule has 0 heterocycles. The Morgan fingerprint density at radius 2 is 2.00 bits per heavy atom. The third kappa shape index (κ3) is 4.90. The standard InChI is InChI=1S/C8H20N2O3S/c1-8(2,13-3)7(10-9)5-6-14(4,11)12/h7,10H,5-6,9H2,1-4H3. The van der Waals surface area contributed by atoms with E-state index in [9.17, 15) is 8.42 Å². The lowest BCUT2D eigenvalue weighted by Gasteiger charge is -2.32. The van der Waals surface area contributed by atoms with E-state index in [4.69, 9.17) is 10.6 Å². The van der Waals surface area contributed by atoms with E-state index >= 15 is 0 Å². The van der Waals surface area contributed by atoms with Gasteiger partial charge in [0.1, 0.15) is 9.84 Å². The van der Waals surface area contributed by atoms with E-state index in [0.717, 1.165) is 0 Å². The number of nitrogens with two attached hydrogens (primary N) is 1. The predicted octanol–water partition coefficient (Wildman–Crippen LogP) is -0.322. The van der Waals surface area contributed by atoms with Crippen molar-refractivity contribution in [2.24, 2.45) is 5.84 Å². The number of hydrogen-bond donors (Lipinski definition) is 2. The van der Waals surface area contributed by atoms with Crippen LogP contribution in [0.2, 0.25) is 0 Å². The zero-order valence-corrected chi connectivity index (χ0v) is 10.0. The van der Waals surface area contributed by atoms with Crippen molar-refractivity contribution in [3.8, 4) is 0 Å². The lowest BCUT2D eigenvalue weighted by atomic mass is 9.97. The zero-order chi connectivity index (χ0) is 11.4. The maximum atomic E-state index is 11.0. The van der Waals surface area contributed by atoms with Crippen molar-refractivity contribution >= 4 is 9.84 Å². The van der Waals surface area contributed by atoms with Crippen LogP contribution in [-0.4, -0.2) is 39.2 Å². The Bertz CT molecular complexity index is 262. The van der Waals surface area contributed by atoms with E-state index in [1.807, 2.05) is 13.8 Å². The summed E-state index contributed by atoms with van der Waals surface area (Å²) in [5, 5.41) is 0. The van der Waals surface area contributed by atoms with Gasteiger partial charge in [0.15, 0.2) is 0 Å². The van der Waals surface area contributed by atoms with Crippen molar-refractivity contribution in [2.45, 2.75) is 31.9 Å². The molecule has 0 radical (unpaired) electrons. The number of hydrazine groups is 1. The minimum absolute atomic E-state index is 0.106. The van der Waals surface area contributed by atoms with Crippen LogP contribution < -0.4 is 11.3 Å². The first-order chi connectivity index (χ1) is 6.23. The average molecular weight is 224 g/mol. The second-order valence-electron chi connectivity index (χ2n) is 3.95. The molecule has 0 aliphatic heterocycles. The minimum atomic E-state index is -2.95. The first-order valence-electron chi connectivity index (χ1n) is 4.42. The maximum absolute atomic E-state index is 11.0. The van der Waals surface area contributed by atoms with Gasteiger partial charge >= 0.3 is 0 Å². The molecule has 1 atom stereocenters. The van der Waals surface area contributed by atoms with E-state index in [1.54, 1.807) is 7.11 Å². The number of sulfone groups is 1. The molecule has 0 saturated carbocycles. The summed E-state index contributed by atoms with van der Waals surface area (Å²) < 4.78 is 27.1. The number of methoxy groups -OCH3 is 1. The van der Waals surface area contributed by atoms with Gasteiger partial charge in [0, 0.05) is 13.4 Å². The summed E-state index contributed by atoms with van der Waals surface area (Å²) in [7, 11) is -1.37. The fourth-order valence-electron chi connectivity index (χ4n) is 1.11. The predicted molar refractivity (Wildman–Crippen MR) is 56.5 cm³/mol. The molecule has 0 aliphatic carbocycles. The monoisotopic (exact) mass is 224 g/mol. The highest BCUT2D eigenvalue weighted by molar-refractivity contribution is 7.90. The van der Waals surface area contributed by atoms with Gasteiger partial charge in [-0.1, -0.05) is 0 Å². The molecule has 0 saturated heterocycles. The third-order valence-electron chi connectivity index (χ3n) is 2.34. The van der Waals surface area contributed by atoms with Crippen LogP contribution in [0.3, 0.4) is 0 Å². The van der Waals surface area contributed by atoms with Crippen molar-refractivity contribution < 1.29 is 13.2 Å². The van der Waals surface area contributed by atoms with Gasteiger partial charge < -0.3 is 4.74 Å².